The van der Waals surface area contributed by atoms with Gasteiger partial charge in [0.25, 0.3) is 0 Å². The van der Waals surface area contributed by atoms with E-state index < -0.39 is 0 Å². The van der Waals surface area contributed by atoms with Gasteiger partial charge in [0.1, 0.15) is 0 Å². The fourth-order valence-electron chi connectivity index (χ4n) is 1.58. The summed E-state index contributed by atoms with van der Waals surface area (Å²) in [5.41, 5.74) is 1.48. The molecule has 1 aliphatic heterocycles. The molecule has 1 fully saturated rings. The van der Waals surface area contributed by atoms with E-state index in [1.165, 1.54) is 17.1 Å². The molecule has 0 aromatic heterocycles. The third-order valence-electron chi connectivity index (χ3n) is 2.38. The van der Waals surface area contributed by atoms with Crippen molar-refractivity contribution in [2.45, 2.75) is 17.4 Å². The number of hydrogen-bond donors (Lipinski definition) is 0. The van der Waals surface area contributed by atoms with E-state index in [0.29, 0.717) is 5.92 Å². The fraction of sp³-hybridized carbons (Fsp3) is 0.455. The van der Waals surface area contributed by atoms with Crippen molar-refractivity contribution in [1.29, 1.82) is 0 Å². The van der Waals surface area contributed by atoms with Crippen LogP contribution >= 0.6 is 23.5 Å². The van der Waals surface area contributed by atoms with Crippen molar-refractivity contribution in [2.75, 3.05) is 11.5 Å². The normalized spacial score (nSPS) is 20.4. The Morgan fingerprint density at radius 2 is 1.77 bits per heavy atom. The summed E-state index contributed by atoms with van der Waals surface area (Å²) < 4.78 is 0.780. The van der Waals surface area contributed by atoms with Crippen LogP contribution in [0, 0.1) is 0 Å². The number of rotatable bonds is 2. The second-order valence-electron chi connectivity index (χ2n) is 3.31. The Balaban J connectivity index is 2.08. The Morgan fingerprint density at radius 1 is 1.15 bits per heavy atom. The molecule has 0 bridgehead atoms. The van der Waals surface area contributed by atoms with Gasteiger partial charge in [0.15, 0.2) is 0 Å². The van der Waals surface area contributed by atoms with E-state index in [1.54, 1.807) is 0 Å². The molecule has 1 aromatic rings. The van der Waals surface area contributed by atoms with E-state index in [9.17, 15) is 0 Å². The lowest BCUT2D eigenvalue weighted by Crippen LogP contribution is -2.05. The minimum atomic E-state index is 0.693. The molecule has 0 N–H and O–H groups in total. The fourth-order valence-corrected chi connectivity index (χ4v) is 4.67. The van der Waals surface area contributed by atoms with Gasteiger partial charge < -0.3 is 0 Å². The minimum absolute atomic E-state index is 0.693. The molecule has 2 rings (SSSR count). The van der Waals surface area contributed by atoms with E-state index >= 15 is 0 Å². The Morgan fingerprint density at radius 3 is 2.38 bits per heavy atom. The van der Waals surface area contributed by atoms with Gasteiger partial charge >= 0.3 is 0 Å². The molecule has 1 unspecified atom stereocenters. The van der Waals surface area contributed by atoms with Crippen LogP contribution in [0.4, 0.5) is 0 Å². The summed E-state index contributed by atoms with van der Waals surface area (Å²) >= 11 is 4.22. The number of benzene rings is 1. The van der Waals surface area contributed by atoms with Crippen LogP contribution in [0.3, 0.4) is 0 Å². The summed E-state index contributed by atoms with van der Waals surface area (Å²) in [5.74, 6) is 3.35. The van der Waals surface area contributed by atoms with Crippen LogP contribution < -0.4 is 0 Å². The number of thioether (sulfide) groups is 2. The molecule has 0 amide bonds. The predicted octanol–water partition coefficient (Wildman–Crippen LogP) is 3.60. The second kappa shape index (κ2) is 4.43. The molecule has 1 aromatic carbocycles. The first-order valence-corrected chi connectivity index (χ1v) is 6.76. The van der Waals surface area contributed by atoms with Gasteiger partial charge in [-0.15, -0.1) is 23.5 Å². The van der Waals surface area contributed by atoms with Crippen LogP contribution in [0.25, 0.3) is 0 Å². The average molecular weight is 210 g/mol. The van der Waals surface area contributed by atoms with Crippen LogP contribution in [0.1, 0.15) is 18.4 Å². The van der Waals surface area contributed by atoms with E-state index in [0.717, 1.165) is 4.58 Å². The van der Waals surface area contributed by atoms with E-state index in [-0.39, 0.29) is 0 Å². The number of hydrogen-bond acceptors (Lipinski definition) is 2. The largest absolute Gasteiger partial charge is 0.146 e. The molecule has 0 aliphatic carbocycles. The van der Waals surface area contributed by atoms with Crippen molar-refractivity contribution in [2.24, 2.45) is 0 Å². The first-order valence-electron chi connectivity index (χ1n) is 4.66. The summed E-state index contributed by atoms with van der Waals surface area (Å²) in [6, 6.07) is 10.8. The lowest BCUT2D eigenvalue weighted by atomic mass is 10.0. The predicted molar refractivity (Wildman–Crippen MR) is 63.6 cm³/mol. The highest BCUT2D eigenvalue weighted by Gasteiger charge is 2.23. The van der Waals surface area contributed by atoms with Crippen molar-refractivity contribution < 1.29 is 0 Å². The molecule has 1 saturated heterocycles. The SMILES string of the molecule is CC(c1ccccc1)C1SCCS1. The van der Waals surface area contributed by atoms with Crippen LogP contribution in [0.2, 0.25) is 0 Å². The van der Waals surface area contributed by atoms with Gasteiger partial charge in [-0.1, -0.05) is 37.3 Å². The summed E-state index contributed by atoms with van der Waals surface area (Å²) in [7, 11) is 0. The van der Waals surface area contributed by atoms with Crippen molar-refractivity contribution in [3.8, 4) is 0 Å². The molecular weight excluding hydrogens is 196 g/mol. The molecule has 13 heavy (non-hydrogen) atoms. The summed E-state index contributed by atoms with van der Waals surface area (Å²) in [5, 5.41) is 0. The Bertz CT molecular complexity index is 252. The lowest BCUT2D eigenvalue weighted by molar-refractivity contribution is 0.851. The quantitative estimate of drug-likeness (QED) is 0.731. The van der Waals surface area contributed by atoms with E-state index in [2.05, 4.69) is 60.8 Å². The highest BCUT2D eigenvalue weighted by Crippen LogP contribution is 2.41. The van der Waals surface area contributed by atoms with Gasteiger partial charge in [0, 0.05) is 17.4 Å². The van der Waals surface area contributed by atoms with Crippen molar-refractivity contribution in [3.63, 3.8) is 0 Å². The smallest absolute Gasteiger partial charge is 0.0568 e. The highest BCUT2D eigenvalue weighted by molar-refractivity contribution is 8.20. The molecule has 1 atom stereocenters. The molecule has 1 heterocycles. The summed E-state index contributed by atoms with van der Waals surface area (Å²) in [4.78, 5) is 0. The van der Waals surface area contributed by atoms with Crippen molar-refractivity contribution in [1.82, 2.24) is 0 Å². The molecule has 0 saturated carbocycles. The lowest BCUT2D eigenvalue weighted by Gasteiger charge is -2.17. The van der Waals surface area contributed by atoms with Gasteiger partial charge in [-0.25, -0.2) is 0 Å². The van der Waals surface area contributed by atoms with Gasteiger partial charge in [0.2, 0.25) is 0 Å². The first kappa shape index (κ1) is 9.47. The third-order valence-corrected chi connectivity index (χ3v) is 5.81. The molecule has 2 heteroatoms. The van der Waals surface area contributed by atoms with Crippen LogP contribution in [0.15, 0.2) is 30.3 Å². The summed E-state index contributed by atoms with van der Waals surface area (Å²) in [6.07, 6.45) is 0. The van der Waals surface area contributed by atoms with Crippen LogP contribution in [0.5, 0.6) is 0 Å². The molecule has 0 radical (unpaired) electrons. The Hall–Kier alpha value is -0.0800. The molecular formula is C11H14S2. The third kappa shape index (κ3) is 2.23. The molecule has 70 valence electrons. The zero-order valence-electron chi connectivity index (χ0n) is 7.77. The highest BCUT2D eigenvalue weighted by atomic mass is 32.2. The topological polar surface area (TPSA) is 0 Å². The van der Waals surface area contributed by atoms with Gasteiger partial charge in [-0.2, -0.15) is 0 Å². The van der Waals surface area contributed by atoms with E-state index in [4.69, 9.17) is 0 Å². The van der Waals surface area contributed by atoms with Crippen LogP contribution in [-0.2, 0) is 0 Å². The second-order valence-corrected chi connectivity index (χ2v) is 6.11. The first-order chi connectivity index (χ1) is 6.38. The Kier molecular flexibility index (Phi) is 3.23. The molecule has 1 aliphatic rings. The maximum absolute atomic E-state index is 2.34. The van der Waals surface area contributed by atoms with Crippen molar-refractivity contribution >= 4 is 23.5 Å². The zero-order chi connectivity index (χ0) is 9.10. The average Bonchev–Trinajstić information content (AvgIpc) is 2.71. The standard InChI is InChI=1S/C11H14S2/c1-9(11-12-7-8-13-11)10-5-3-2-4-6-10/h2-6,9,11H,7-8H2,1H3. The van der Waals surface area contributed by atoms with Crippen LogP contribution in [-0.4, -0.2) is 16.1 Å². The zero-order valence-corrected chi connectivity index (χ0v) is 9.41. The van der Waals surface area contributed by atoms with Gasteiger partial charge in [-0.05, 0) is 5.56 Å². The minimum Gasteiger partial charge on any atom is -0.146 e. The van der Waals surface area contributed by atoms with Crippen molar-refractivity contribution in [3.05, 3.63) is 35.9 Å². The monoisotopic (exact) mass is 210 g/mol. The summed E-state index contributed by atoms with van der Waals surface area (Å²) in [6.45, 7) is 2.34. The maximum atomic E-state index is 2.34. The Labute approximate surface area is 88.5 Å². The van der Waals surface area contributed by atoms with E-state index in [1.807, 2.05) is 0 Å². The van der Waals surface area contributed by atoms with Gasteiger partial charge in [0.05, 0.1) is 4.58 Å². The molecule has 0 nitrogen and oxygen atoms in total. The maximum Gasteiger partial charge on any atom is 0.0568 e. The van der Waals surface area contributed by atoms with Gasteiger partial charge in [-0.3, -0.25) is 0 Å². The molecule has 0 spiro atoms.